The van der Waals surface area contributed by atoms with Crippen LogP contribution in [0.4, 0.5) is 24.5 Å². The second-order valence-electron chi connectivity index (χ2n) is 7.81. The van der Waals surface area contributed by atoms with Gasteiger partial charge in [-0.3, -0.25) is 18.8 Å². The normalized spacial score (nSPS) is 15.0. The number of hydrogen-bond acceptors (Lipinski definition) is 8. The van der Waals surface area contributed by atoms with Gasteiger partial charge in [-0.15, -0.1) is 3.63 Å². The Hall–Kier alpha value is -2.67. The molecule has 0 spiro atoms. The molecule has 1 aliphatic rings. The minimum Gasteiger partial charge on any atom is -0.376 e. The van der Waals surface area contributed by atoms with E-state index in [1.807, 2.05) is 7.05 Å². The summed E-state index contributed by atoms with van der Waals surface area (Å²) in [4.78, 5) is 16.0. The highest BCUT2D eigenvalue weighted by Crippen LogP contribution is 2.31. The largest absolute Gasteiger partial charge is 0.413 e. The number of anilines is 2. The maximum atomic E-state index is 14.3. The molecule has 1 saturated heterocycles. The molecule has 0 radical (unpaired) electrons. The van der Waals surface area contributed by atoms with Crippen molar-refractivity contribution >= 4 is 55.3 Å². The fourth-order valence-electron chi connectivity index (χ4n) is 3.50. The Labute approximate surface area is 216 Å². The fourth-order valence-corrected chi connectivity index (χ4v) is 4.58. The van der Waals surface area contributed by atoms with Crippen LogP contribution in [0.15, 0.2) is 36.4 Å². The monoisotopic (exact) mass is 585 g/mol. The lowest BCUT2D eigenvalue weighted by atomic mass is 9.89. The highest BCUT2D eigenvalue weighted by atomic mass is 32.3. The van der Waals surface area contributed by atoms with Crippen molar-refractivity contribution in [2.45, 2.75) is 12.8 Å². The molecule has 0 saturated carbocycles. The first kappa shape index (κ1) is 30.6. The number of likely N-dealkylation sites (tertiary alicyclic amines) is 1. The van der Waals surface area contributed by atoms with Crippen molar-refractivity contribution in [1.29, 1.82) is 0 Å². The molecule has 0 atom stereocenters. The Morgan fingerprint density at radius 3 is 2.14 bits per heavy atom. The lowest BCUT2D eigenvalue weighted by Crippen LogP contribution is -2.34. The molecule has 1 heterocycles. The van der Waals surface area contributed by atoms with E-state index in [1.165, 1.54) is 6.07 Å². The fraction of sp³-hybridized carbons (Fsp3) is 0.300. The Morgan fingerprint density at radius 1 is 1.08 bits per heavy atom. The van der Waals surface area contributed by atoms with Crippen molar-refractivity contribution in [2.75, 3.05) is 25.0 Å². The number of Topliss-reactive ketones (excluding diaryl/α,β-unsaturated/α-hetero) is 1. The minimum absolute atomic E-state index is 0.0243. The third kappa shape index (κ3) is 9.29. The summed E-state index contributed by atoms with van der Waals surface area (Å²) in [6.45, 7) is 1.67. The van der Waals surface area contributed by atoms with E-state index < -0.39 is 43.9 Å². The highest BCUT2D eigenvalue weighted by molar-refractivity contribution is 7.94. The topological polar surface area (TPSA) is 168 Å². The van der Waals surface area contributed by atoms with Gasteiger partial charge in [-0.05, 0) is 57.3 Å². The van der Waals surface area contributed by atoms with Crippen molar-refractivity contribution in [2.24, 2.45) is 11.7 Å². The molecule has 0 bridgehead atoms. The molecular formula is C20H22F3N3O8S3. The minimum atomic E-state index is -5.12. The summed E-state index contributed by atoms with van der Waals surface area (Å²) in [6, 6.07) is 7.58. The SMILES string of the molecule is CN1CCC(C(=O)c2cccc(N(C(N)=S)c3cc(F)cc(F)c3F)c2)CC1.O=S(=O)(O)OS(=O)(=O)O. The van der Waals surface area contributed by atoms with E-state index in [9.17, 15) is 34.8 Å². The summed E-state index contributed by atoms with van der Waals surface area (Å²) in [6.07, 6.45) is 1.50. The molecule has 0 amide bonds. The van der Waals surface area contributed by atoms with E-state index in [1.54, 1.807) is 18.2 Å². The van der Waals surface area contributed by atoms with Crippen LogP contribution in [0.5, 0.6) is 0 Å². The molecule has 0 aromatic heterocycles. The molecule has 17 heteroatoms. The lowest BCUT2D eigenvalue weighted by Gasteiger charge is -2.28. The molecular weight excluding hydrogens is 563 g/mol. The summed E-state index contributed by atoms with van der Waals surface area (Å²) in [5, 5.41) is -0.298. The number of halogens is 3. The number of piperidine rings is 1. The van der Waals surface area contributed by atoms with Gasteiger partial charge < -0.3 is 10.6 Å². The summed E-state index contributed by atoms with van der Waals surface area (Å²) < 4.78 is 97.2. The van der Waals surface area contributed by atoms with Gasteiger partial charge in [0.1, 0.15) is 5.82 Å². The number of carbonyl (C=O) groups is 1. The Bertz CT molecular complexity index is 1350. The number of nitrogens with two attached hydrogens (primary N) is 1. The molecule has 0 unspecified atom stereocenters. The number of benzene rings is 2. The summed E-state index contributed by atoms with van der Waals surface area (Å²) in [5.74, 6) is -3.72. The maximum Gasteiger partial charge on any atom is 0.413 e. The molecule has 1 fully saturated rings. The van der Waals surface area contributed by atoms with Gasteiger partial charge in [0.05, 0.1) is 5.69 Å². The van der Waals surface area contributed by atoms with Crippen molar-refractivity contribution in [1.82, 2.24) is 4.90 Å². The zero-order chi connectivity index (χ0) is 28.1. The van der Waals surface area contributed by atoms with Gasteiger partial charge in [0.25, 0.3) is 0 Å². The molecule has 37 heavy (non-hydrogen) atoms. The molecule has 0 aliphatic carbocycles. The third-order valence-electron chi connectivity index (χ3n) is 5.09. The smallest absolute Gasteiger partial charge is 0.376 e. The van der Waals surface area contributed by atoms with Gasteiger partial charge >= 0.3 is 20.8 Å². The average Bonchev–Trinajstić information content (AvgIpc) is 2.75. The van der Waals surface area contributed by atoms with E-state index in [0.717, 1.165) is 36.9 Å². The second-order valence-corrected chi connectivity index (χ2v) is 10.5. The van der Waals surface area contributed by atoms with E-state index >= 15 is 0 Å². The number of nitrogens with zero attached hydrogens (tertiary/aromatic N) is 2. The van der Waals surface area contributed by atoms with Crippen molar-refractivity contribution in [3.63, 3.8) is 0 Å². The van der Waals surface area contributed by atoms with Crippen LogP contribution >= 0.6 is 12.2 Å². The Balaban J connectivity index is 0.000000458. The number of rotatable bonds is 6. The quantitative estimate of drug-likeness (QED) is 0.196. The van der Waals surface area contributed by atoms with E-state index in [4.69, 9.17) is 27.1 Å². The van der Waals surface area contributed by atoms with E-state index in [0.29, 0.717) is 11.6 Å². The zero-order valence-electron chi connectivity index (χ0n) is 19.0. The third-order valence-corrected chi connectivity index (χ3v) is 6.64. The van der Waals surface area contributed by atoms with Crippen LogP contribution in [0, 0.1) is 23.4 Å². The number of hydrogen-bond donors (Lipinski definition) is 3. The second kappa shape index (κ2) is 12.2. The lowest BCUT2D eigenvalue weighted by molar-refractivity contribution is 0.0856. The summed E-state index contributed by atoms with van der Waals surface area (Å²) in [5.41, 5.74) is 5.94. The summed E-state index contributed by atoms with van der Waals surface area (Å²) in [7, 11) is -8.23. The first-order valence-electron chi connectivity index (χ1n) is 10.2. The van der Waals surface area contributed by atoms with E-state index in [2.05, 4.69) is 8.53 Å². The van der Waals surface area contributed by atoms with Gasteiger partial charge in [0.2, 0.25) is 0 Å². The standard InChI is InChI=1S/C20H20F3N3OS.H2O7S2/c1-25-7-5-12(6-8-25)19(27)13-3-2-4-15(9-13)26(20(24)28)17-11-14(21)10-16(22)18(17)23;1-8(2,3)7-9(4,5)6/h2-4,9-12H,5-8H2,1H3,(H2,24,28);(H,1,2,3)(H,4,5,6). The van der Waals surface area contributed by atoms with Crippen LogP contribution in [-0.4, -0.2) is 61.9 Å². The van der Waals surface area contributed by atoms with Crippen molar-refractivity contribution in [3.05, 3.63) is 59.4 Å². The van der Waals surface area contributed by atoms with Gasteiger partial charge in [-0.2, -0.15) is 16.8 Å². The summed E-state index contributed by atoms with van der Waals surface area (Å²) >= 11 is 4.98. The maximum absolute atomic E-state index is 14.3. The Kier molecular flexibility index (Phi) is 10.1. The molecule has 204 valence electrons. The Morgan fingerprint density at radius 2 is 1.65 bits per heavy atom. The van der Waals surface area contributed by atoms with Gasteiger partial charge in [-0.25, -0.2) is 13.2 Å². The average molecular weight is 586 g/mol. The van der Waals surface area contributed by atoms with Gasteiger partial charge in [0.15, 0.2) is 22.5 Å². The number of ketones is 1. The molecule has 1 aliphatic heterocycles. The van der Waals surface area contributed by atoms with Crippen LogP contribution in [0.3, 0.4) is 0 Å². The van der Waals surface area contributed by atoms with Crippen LogP contribution in [0.25, 0.3) is 0 Å². The molecule has 4 N–H and O–H groups in total. The van der Waals surface area contributed by atoms with Crippen LogP contribution in [0.1, 0.15) is 23.2 Å². The molecule has 2 aromatic carbocycles. The van der Waals surface area contributed by atoms with E-state index in [-0.39, 0.29) is 22.5 Å². The first-order chi connectivity index (χ1) is 17.0. The number of carbonyl (C=O) groups excluding carboxylic acids is 1. The van der Waals surface area contributed by atoms with Gasteiger partial charge in [0, 0.05) is 29.3 Å². The number of thiocarbonyl (C=S) groups is 1. The molecule has 3 rings (SSSR count). The van der Waals surface area contributed by atoms with Crippen LogP contribution in [-0.2, 0) is 24.4 Å². The van der Waals surface area contributed by atoms with Crippen molar-refractivity contribution in [3.8, 4) is 0 Å². The van der Waals surface area contributed by atoms with Crippen molar-refractivity contribution < 1.29 is 47.5 Å². The van der Waals surface area contributed by atoms with Crippen LogP contribution in [0.2, 0.25) is 0 Å². The van der Waals surface area contributed by atoms with Gasteiger partial charge in [-0.1, -0.05) is 12.1 Å². The van der Waals surface area contributed by atoms with Crippen LogP contribution < -0.4 is 10.6 Å². The molecule has 11 nitrogen and oxygen atoms in total. The predicted molar refractivity (Wildman–Crippen MR) is 130 cm³/mol. The highest BCUT2D eigenvalue weighted by Gasteiger charge is 2.26. The first-order valence-corrected chi connectivity index (χ1v) is 13.3. The molecule has 2 aromatic rings. The zero-order valence-corrected chi connectivity index (χ0v) is 21.5. The predicted octanol–water partition coefficient (Wildman–Crippen LogP) is 2.62.